The summed E-state index contributed by atoms with van der Waals surface area (Å²) in [5.74, 6) is 0.596. The first-order valence-electron chi connectivity index (χ1n) is 11.0. The fraction of sp³-hybridized carbons (Fsp3) is 0.625. The molecule has 5 nitrogen and oxygen atoms in total. The van der Waals surface area contributed by atoms with Gasteiger partial charge in [0.25, 0.3) is 0 Å². The molecule has 1 aliphatic carbocycles. The zero-order valence-corrected chi connectivity index (χ0v) is 18.3. The van der Waals surface area contributed by atoms with Gasteiger partial charge in [0.15, 0.2) is 0 Å². The van der Waals surface area contributed by atoms with Crippen LogP contribution in [0.15, 0.2) is 24.4 Å². The maximum absolute atomic E-state index is 12.8. The van der Waals surface area contributed by atoms with Gasteiger partial charge in [-0.15, -0.1) is 0 Å². The lowest BCUT2D eigenvalue weighted by Gasteiger charge is -2.45. The van der Waals surface area contributed by atoms with Crippen molar-refractivity contribution in [3.63, 3.8) is 0 Å². The maximum atomic E-state index is 12.8. The van der Waals surface area contributed by atoms with Crippen LogP contribution in [0.1, 0.15) is 51.2 Å². The van der Waals surface area contributed by atoms with Crippen molar-refractivity contribution in [2.75, 3.05) is 13.6 Å². The van der Waals surface area contributed by atoms with Gasteiger partial charge >= 0.3 is 5.97 Å². The Bertz CT molecular complexity index is 901. The summed E-state index contributed by atoms with van der Waals surface area (Å²) in [6.07, 6.45) is 3.07. The molecule has 0 saturated carbocycles. The van der Waals surface area contributed by atoms with Crippen molar-refractivity contribution in [3.05, 3.63) is 35.5 Å². The Kier molecular flexibility index (Phi) is 5.47. The Morgan fingerprint density at radius 1 is 1.28 bits per heavy atom. The molecule has 0 radical (unpaired) electrons. The molecule has 4 unspecified atom stereocenters. The molecule has 0 amide bonds. The molecule has 0 bridgehead atoms. The Hall–Kier alpha value is -1.85. The zero-order chi connectivity index (χ0) is 20.9. The number of carbonyl (C=O) groups is 1. The van der Waals surface area contributed by atoms with Crippen LogP contribution in [0.3, 0.4) is 0 Å². The number of hydrogen-bond acceptors (Lipinski definition) is 4. The van der Waals surface area contributed by atoms with Crippen LogP contribution < -0.4 is 0 Å². The Labute approximate surface area is 173 Å². The normalized spacial score (nSPS) is 26.4. The van der Waals surface area contributed by atoms with Crippen LogP contribution in [0.4, 0.5) is 0 Å². The summed E-state index contributed by atoms with van der Waals surface area (Å²) in [7, 11) is 2.13. The van der Waals surface area contributed by atoms with Crippen LogP contribution in [0, 0.1) is 11.8 Å². The van der Waals surface area contributed by atoms with E-state index >= 15 is 0 Å². The number of likely N-dealkylation sites (N-methyl/N-ethyl adjacent to an activating group) is 1. The van der Waals surface area contributed by atoms with Gasteiger partial charge in [0.2, 0.25) is 0 Å². The number of carbonyl (C=O) groups excluding carboxylic acids is 1. The molecular weight excluding hydrogens is 364 g/mol. The number of aliphatic hydroxyl groups excluding tert-OH is 1. The van der Waals surface area contributed by atoms with E-state index in [-0.39, 0.29) is 11.9 Å². The first-order valence-corrected chi connectivity index (χ1v) is 11.0. The summed E-state index contributed by atoms with van der Waals surface area (Å²) in [5, 5.41) is 11.1. The predicted molar refractivity (Wildman–Crippen MR) is 115 cm³/mol. The van der Waals surface area contributed by atoms with Crippen molar-refractivity contribution < 1.29 is 14.6 Å². The van der Waals surface area contributed by atoms with E-state index in [1.807, 2.05) is 0 Å². The largest absolute Gasteiger partial charge is 0.460 e. The molecule has 1 aliphatic heterocycles. The number of benzene rings is 1. The Balaban J connectivity index is 1.65. The second-order valence-electron chi connectivity index (χ2n) is 9.57. The number of aliphatic hydroxyl groups is 1. The van der Waals surface area contributed by atoms with Gasteiger partial charge < -0.3 is 19.3 Å². The highest BCUT2D eigenvalue weighted by Gasteiger charge is 2.42. The molecule has 1 saturated heterocycles. The van der Waals surface area contributed by atoms with Crippen molar-refractivity contribution in [1.82, 2.24) is 9.47 Å². The monoisotopic (exact) mass is 398 g/mol. The van der Waals surface area contributed by atoms with Gasteiger partial charge in [0, 0.05) is 42.1 Å². The summed E-state index contributed by atoms with van der Waals surface area (Å²) in [6, 6.07) is 7.06. The van der Waals surface area contributed by atoms with Crippen molar-refractivity contribution >= 4 is 16.9 Å². The van der Waals surface area contributed by atoms with Gasteiger partial charge in [-0.1, -0.05) is 26.0 Å². The zero-order valence-electron chi connectivity index (χ0n) is 18.3. The van der Waals surface area contributed by atoms with Crippen LogP contribution >= 0.6 is 0 Å². The van der Waals surface area contributed by atoms with E-state index in [1.165, 1.54) is 22.0 Å². The van der Waals surface area contributed by atoms with E-state index < -0.39 is 12.2 Å². The molecule has 158 valence electrons. The summed E-state index contributed by atoms with van der Waals surface area (Å²) in [4.78, 5) is 15.1. The molecule has 4 rings (SSSR count). The molecular formula is C24H34N2O3. The highest BCUT2D eigenvalue weighted by Crippen LogP contribution is 2.45. The molecule has 1 aromatic heterocycles. The molecule has 1 aromatic carbocycles. The molecule has 5 heteroatoms. The second-order valence-corrected chi connectivity index (χ2v) is 9.57. The van der Waals surface area contributed by atoms with E-state index in [1.54, 1.807) is 13.8 Å². The first-order chi connectivity index (χ1) is 13.8. The maximum Gasteiger partial charge on any atom is 0.310 e. The molecule has 2 aromatic rings. The van der Waals surface area contributed by atoms with Gasteiger partial charge in [-0.05, 0) is 56.8 Å². The van der Waals surface area contributed by atoms with Crippen molar-refractivity contribution in [2.24, 2.45) is 11.8 Å². The average molecular weight is 399 g/mol. The lowest BCUT2D eigenvalue weighted by atomic mass is 9.72. The summed E-state index contributed by atoms with van der Waals surface area (Å²) in [6.45, 7) is 9.66. The van der Waals surface area contributed by atoms with E-state index in [0.29, 0.717) is 24.4 Å². The number of hydrogen-bond donors (Lipinski definition) is 1. The van der Waals surface area contributed by atoms with Gasteiger partial charge in [-0.2, -0.15) is 0 Å². The molecule has 2 aliphatic rings. The number of nitrogens with zero attached hydrogens (tertiary/aromatic N) is 2. The number of rotatable bonds is 5. The minimum absolute atomic E-state index is 0.156. The molecule has 1 N–H and O–H groups in total. The molecule has 5 atom stereocenters. The van der Waals surface area contributed by atoms with Gasteiger partial charge in [-0.3, -0.25) is 4.79 Å². The standard InChI is InChI=1S/C24H34N2O3/c1-14(2)11-26-13-17-10-22-20(19-7-6-8-21(26)23(17)19)9-18(12-25(22)5)24(28)29-16(4)15(3)27/h6-8,13-16,18,20,22,27H,9-12H2,1-5H3/t15?,16?,18-,20?,22?/m1/s1. The van der Waals surface area contributed by atoms with Crippen LogP contribution in [-0.2, 0) is 22.5 Å². The van der Waals surface area contributed by atoms with Crippen LogP contribution in [0.25, 0.3) is 10.9 Å². The molecule has 0 spiro atoms. The first kappa shape index (κ1) is 20.4. The summed E-state index contributed by atoms with van der Waals surface area (Å²) < 4.78 is 7.96. The third-order valence-electron chi connectivity index (χ3n) is 6.80. The van der Waals surface area contributed by atoms with Crippen molar-refractivity contribution in [3.8, 4) is 0 Å². The van der Waals surface area contributed by atoms with Crippen LogP contribution in [0.2, 0.25) is 0 Å². The van der Waals surface area contributed by atoms with Crippen LogP contribution in [0.5, 0.6) is 0 Å². The Morgan fingerprint density at radius 3 is 2.72 bits per heavy atom. The fourth-order valence-electron chi connectivity index (χ4n) is 5.21. The number of aromatic nitrogens is 1. The molecule has 2 heterocycles. The van der Waals surface area contributed by atoms with Gasteiger partial charge in [0.1, 0.15) is 6.10 Å². The van der Waals surface area contributed by atoms with Gasteiger partial charge in [-0.25, -0.2) is 0 Å². The quantitative estimate of drug-likeness (QED) is 0.783. The van der Waals surface area contributed by atoms with Crippen molar-refractivity contribution in [1.29, 1.82) is 0 Å². The second kappa shape index (κ2) is 7.77. The van der Waals surface area contributed by atoms with Crippen LogP contribution in [-0.4, -0.2) is 52.4 Å². The van der Waals surface area contributed by atoms with E-state index in [4.69, 9.17) is 4.74 Å². The third-order valence-corrected chi connectivity index (χ3v) is 6.80. The number of likely N-dealkylation sites (tertiary alicyclic amines) is 1. The minimum Gasteiger partial charge on any atom is -0.460 e. The Morgan fingerprint density at radius 2 is 2.03 bits per heavy atom. The number of piperidine rings is 1. The number of ether oxygens (including phenoxy) is 1. The molecule has 29 heavy (non-hydrogen) atoms. The summed E-state index contributed by atoms with van der Waals surface area (Å²) >= 11 is 0. The fourth-order valence-corrected chi connectivity index (χ4v) is 5.21. The number of esters is 1. The predicted octanol–water partition coefficient (Wildman–Crippen LogP) is 3.57. The lowest BCUT2D eigenvalue weighted by Crippen LogP contribution is -2.50. The van der Waals surface area contributed by atoms with Gasteiger partial charge in [0.05, 0.1) is 12.0 Å². The number of fused-ring (bicyclic) bond motifs is 2. The lowest BCUT2D eigenvalue weighted by molar-refractivity contribution is -0.160. The third kappa shape index (κ3) is 3.71. The SMILES string of the molecule is CC(C)Cn1cc2c3c(cccc31)C1C[C@@H](C(=O)OC(C)C(C)O)CN(C)C1C2. The smallest absolute Gasteiger partial charge is 0.310 e. The van der Waals surface area contributed by atoms with Crippen molar-refractivity contribution in [2.45, 2.75) is 71.2 Å². The van der Waals surface area contributed by atoms with E-state index in [9.17, 15) is 9.90 Å². The topological polar surface area (TPSA) is 54.7 Å². The summed E-state index contributed by atoms with van der Waals surface area (Å²) in [5.41, 5.74) is 4.14. The van der Waals surface area contributed by atoms with E-state index in [2.05, 4.69) is 54.8 Å². The minimum atomic E-state index is -0.653. The molecule has 1 fully saturated rings. The average Bonchev–Trinajstić information content (AvgIpc) is 3.00. The highest BCUT2D eigenvalue weighted by atomic mass is 16.6. The highest BCUT2D eigenvalue weighted by molar-refractivity contribution is 5.89. The van der Waals surface area contributed by atoms with E-state index in [0.717, 1.165) is 19.4 Å².